The number of hydrogen-bond donors (Lipinski definition) is 1. The Bertz CT molecular complexity index is 480. The molecule has 21 heavy (non-hydrogen) atoms. The zero-order valence-electron chi connectivity index (χ0n) is 12.8. The summed E-state index contributed by atoms with van der Waals surface area (Å²) in [4.78, 5) is 2.10. The number of hydrogen-bond acceptors (Lipinski definition) is 2. The Morgan fingerprint density at radius 3 is 2.48 bits per heavy atom. The molecule has 1 aromatic carbocycles. The van der Waals surface area contributed by atoms with Crippen LogP contribution >= 0.6 is 15.9 Å². The van der Waals surface area contributed by atoms with Gasteiger partial charge < -0.3 is 10.2 Å². The zero-order chi connectivity index (χ0) is 15.6. The van der Waals surface area contributed by atoms with E-state index in [0.29, 0.717) is 10.2 Å². The van der Waals surface area contributed by atoms with Gasteiger partial charge in [0.25, 0.3) is 0 Å². The number of nitrogens with one attached hydrogen (secondary N) is 1. The molecule has 2 rings (SSSR count). The first kappa shape index (κ1) is 16.7. The second-order valence-corrected chi connectivity index (χ2v) is 6.63. The van der Waals surface area contributed by atoms with E-state index in [0.717, 1.165) is 38.4 Å². The molecule has 118 valence electrons. The largest absolute Gasteiger partial charge is 0.362 e. The van der Waals surface area contributed by atoms with Crippen molar-refractivity contribution in [1.82, 2.24) is 5.32 Å². The van der Waals surface area contributed by atoms with Crippen LogP contribution in [-0.2, 0) is 0 Å². The van der Waals surface area contributed by atoms with Crippen LogP contribution in [0.3, 0.4) is 0 Å². The van der Waals surface area contributed by atoms with Crippen LogP contribution in [0.4, 0.5) is 14.5 Å². The van der Waals surface area contributed by atoms with E-state index in [1.54, 1.807) is 0 Å². The minimum atomic E-state index is -0.552. The second kappa shape index (κ2) is 6.61. The lowest BCUT2D eigenvalue weighted by atomic mass is 9.87. The molecule has 0 spiro atoms. The first-order chi connectivity index (χ1) is 9.96. The SMILES string of the molecule is CCC1CNC(CC)(CC)CN1c1c(F)cc(F)cc1Br. The van der Waals surface area contributed by atoms with Gasteiger partial charge in [-0.2, -0.15) is 0 Å². The van der Waals surface area contributed by atoms with E-state index in [1.807, 2.05) is 0 Å². The van der Waals surface area contributed by atoms with Crippen molar-refractivity contribution in [3.8, 4) is 0 Å². The molecule has 0 saturated carbocycles. The van der Waals surface area contributed by atoms with Crippen LogP contribution in [0.15, 0.2) is 16.6 Å². The molecule has 0 radical (unpaired) electrons. The summed E-state index contributed by atoms with van der Waals surface area (Å²) in [6, 6.07) is 2.52. The standard InChI is InChI=1S/C16H23BrF2N2/c1-4-12-9-20-16(5-2,6-3)10-21(12)15-13(17)7-11(18)8-14(15)19/h7-8,12,20H,4-6,9-10H2,1-3H3. The predicted molar refractivity (Wildman–Crippen MR) is 86.8 cm³/mol. The lowest BCUT2D eigenvalue weighted by molar-refractivity contribution is 0.244. The molecular weight excluding hydrogens is 338 g/mol. The number of piperazine rings is 1. The maximum absolute atomic E-state index is 14.3. The maximum Gasteiger partial charge on any atom is 0.150 e. The molecule has 1 aromatic rings. The van der Waals surface area contributed by atoms with Gasteiger partial charge >= 0.3 is 0 Å². The molecule has 1 aliphatic heterocycles. The lowest BCUT2D eigenvalue weighted by Gasteiger charge is -2.48. The summed E-state index contributed by atoms with van der Waals surface area (Å²) in [7, 11) is 0. The van der Waals surface area contributed by atoms with Gasteiger partial charge in [-0.3, -0.25) is 0 Å². The van der Waals surface area contributed by atoms with Crippen LogP contribution in [0, 0.1) is 11.6 Å². The smallest absolute Gasteiger partial charge is 0.150 e. The van der Waals surface area contributed by atoms with Gasteiger partial charge in [0.1, 0.15) is 5.82 Å². The molecule has 0 amide bonds. The monoisotopic (exact) mass is 360 g/mol. The summed E-state index contributed by atoms with van der Waals surface area (Å²) in [6.07, 6.45) is 2.88. The highest BCUT2D eigenvalue weighted by molar-refractivity contribution is 9.10. The van der Waals surface area contributed by atoms with Crippen LogP contribution in [0.1, 0.15) is 40.0 Å². The lowest BCUT2D eigenvalue weighted by Crippen LogP contribution is -2.64. The fourth-order valence-corrected chi connectivity index (χ4v) is 3.75. The molecule has 1 unspecified atom stereocenters. The van der Waals surface area contributed by atoms with Gasteiger partial charge in [0.2, 0.25) is 0 Å². The minimum absolute atomic E-state index is 0.00800. The zero-order valence-corrected chi connectivity index (χ0v) is 14.4. The summed E-state index contributed by atoms with van der Waals surface area (Å²) in [5.41, 5.74) is 0.474. The third kappa shape index (κ3) is 3.24. The van der Waals surface area contributed by atoms with Crippen molar-refractivity contribution in [1.29, 1.82) is 0 Å². The van der Waals surface area contributed by atoms with Crippen LogP contribution in [0.2, 0.25) is 0 Å². The van der Waals surface area contributed by atoms with Crippen LogP contribution < -0.4 is 10.2 Å². The molecule has 0 aromatic heterocycles. The van der Waals surface area contributed by atoms with Crippen molar-refractivity contribution in [2.45, 2.75) is 51.6 Å². The number of nitrogens with zero attached hydrogens (tertiary/aromatic N) is 1. The third-order valence-corrected chi connectivity index (χ3v) is 5.32. The fourth-order valence-electron chi connectivity index (χ4n) is 3.11. The Kier molecular flexibility index (Phi) is 5.25. The van der Waals surface area contributed by atoms with E-state index in [9.17, 15) is 8.78 Å². The molecule has 1 fully saturated rings. The Hall–Kier alpha value is -0.680. The molecule has 1 aliphatic rings. The van der Waals surface area contributed by atoms with Crippen LogP contribution in [-0.4, -0.2) is 24.7 Å². The van der Waals surface area contributed by atoms with Crippen LogP contribution in [0.5, 0.6) is 0 Å². The highest BCUT2D eigenvalue weighted by Crippen LogP contribution is 2.36. The first-order valence-electron chi connectivity index (χ1n) is 7.62. The van der Waals surface area contributed by atoms with Crippen molar-refractivity contribution >= 4 is 21.6 Å². The van der Waals surface area contributed by atoms with Gasteiger partial charge in [-0.25, -0.2) is 8.78 Å². The minimum Gasteiger partial charge on any atom is -0.362 e. The van der Waals surface area contributed by atoms with Gasteiger partial charge in [-0.05, 0) is 41.3 Å². The van der Waals surface area contributed by atoms with Gasteiger partial charge in [-0.1, -0.05) is 20.8 Å². The van der Waals surface area contributed by atoms with Crippen molar-refractivity contribution in [2.24, 2.45) is 0 Å². The number of halogens is 3. The van der Waals surface area contributed by atoms with Gasteiger partial charge in [0.05, 0.1) is 5.69 Å². The van der Waals surface area contributed by atoms with Crippen molar-refractivity contribution in [3.63, 3.8) is 0 Å². The topological polar surface area (TPSA) is 15.3 Å². The highest BCUT2D eigenvalue weighted by Gasteiger charge is 2.37. The normalized spacial score (nSPS) is 21.6. The molecule has 0 aliphatic carbocycles. The fraction of sp³-hybridized carbons (Fsp3) is 0.625. The van der Waals surface area contributed by atoms with E-state index in [-0.39, 0.29) is 11.6 Å². The maximum atomic E-state index is 14.3. The van der Waals surface area contributed by atoms with E-state index >= 15 is 0 Å². The first-order valence-corrected chi connectivity index (χ1v) is 8.41. The highest BCUT2D eigenvalue weighted by atomic mass is 79.9. The molecular formula is C16H23BrF2N2. The second-order valence-electron chi connectivity index (χ2n) is 5.78. The van der Waals surface area contributed by atoms with E-state index in [4.69, 9.17) is 0 Å². The molecule has 0 bridgehead atoms. The number of benzene rings is 1. The van der Waals surface area contributed by atoms with E-state index < -0.39 is 11.6 Å². The molecule has 2 nitrogen and oxygen atoms in total. The number of rotatable bonds is 4. The Morgan fingerprint density at radius 1 is 1.29 bits per heavy atom. The predicted octanol–water partition coefficient (Wildman–Crippen LogP) is 4.47. The third-order valence-electron chi connectivity index (χ3n) is 4.72. The van der Waals surface area contributed by atoms with Crippen molar-refractivity contribution in [2.75, 3.05) is 18.0 Å². The van der Waals surface area contributed by atoms with Gasteiger partial charge in [-0.15, -0.1) is 0 Å². The Balaban J connectivity index is 2.43. The van der Waals surface area contributed by atoms with Crippen molar-refractivity contribution < 1.29 is 8.78 Å². The van der Waals surface area contributed by atoms with Crippen LogP contribution in [0.25, 0.3) is 0 Å². The summed E-state index contributed by atoms with van der Waals surface area (Å²) >= 11 is 3.33. The molecule has 5 heteroatoms. The summed E-state index contributed by atoms with van der Waals surface area (Å²) < 4.78 is 28.2. The molecule has 1 heterocycles. The quantitative estimate of drug-likeness (QED) is 0.851. The van der Waals surface area contributed by atoms with Crippen molar-refractivity contribution in [3.05, 3.63) is 28.2 Å². The molecule has 1 N–H and O–H groups in total. The summed E-state index contributed by atoms with van der Waals surface area (Å²) in [5, 5.41) is 3.63. The van der Waals surface area contributed by atoms with E-state index in [2.05, 4.69) is 46.9 Å². The summed E-state index contributed by atoms with van der Waals surface area (Å²) in [5.74, 6) is -1.05. The van der Waals surface area contributed by atoms with E-state index in [1.165, 1.54) is 6.07 Å². The summed E-state index contributed by atoms with van der Waals surface area (Å²) in [6.45, 7) is 7.95. The molecule has 1 atom stereocenters. The van der Waals surface area contributed by atoms with Gasteiger partial charge in [0, 0.05) is 35.2 Å². The Labute approximate surface area is 134 Å². The molecule has 1 saturated heterocycles. The number of anilines is 1. The van der Waals surface area contributed by atoms with Gasteiger partial charge in [0.15, 0.2) is 5.82 Å². The Morgan fingerprint density at radius 2 is 1.95 bits per heavy atom. The average Bonchev–Trinajstić information content (AvgIpc) is 2.46. The average molecular weight is 361 g/mol.